The average molecular weight is 324 g/mol. The molecule has 0 aliphatic carbocycles. The lowest BCUT2D eigenvalue weighted by Gasteiger charge is -2.29. The Morgan fingerprint density at radius 3 is 2.26 bits per heavy atom. The van der Waals surface area contributed by atoms with Crippen LogP contribution in [0.1, 0.15) is 23.2 Å². The van der Waals surface area contributed by atoms with E-state index < -0.39 is 16.0 Å². The van der Waals surface area contributed by atoms with E-state index in [9.17, 15) is 13.2 Å². The van der Waals surface area contributed by atoms with E-state index >= 15 is 0 Å². The highest BCUT2D eigenvalue weighted by molar-refractivity contribution is 7.92. The van der Waals surface area contributed by atoms with E-state index in [1.54, 1.807) is 0 Å². The molecule has 5 nitrogen and oxygen atoms in total. The highest BCUT2D eigenvalue weighted by Crippen LogP contribution is 2.38. The number of hydrogen-bond acceptors (Lipinski definition) is 3. The van der Waals surface area contributed by atoms with E-state index in [0.29, 0.717) is 19.4 Å². The number of aromatic carboxylic acids is 1. The molecule has 1 heterocycles. The van der Waals surface area contributed by atoms with E-state index in [0.717, 1.165) is 4.31 Å². The number of rotatable bonds is 2. The summed E-state index contributed by atoms with van der Waals surface area (Å²) in [6, 6.07) is 2.41. The SMILES string of the molecule is O=C(O)c1cc(Cl)c(N2CCCCS2(=O)=O)c(Cl)c1. The normalized spacial score (nSPS) is 18.3. The number of anilines is 1. The Kier molecular flexibility index (Phi) is 3.94. The first-order valence-electron chi connectivity index (χ1n) is 5.55. The third-order valence-corrected chi connectivity index (χ3v) is 5.28. The molecule has 1 aromatic carbocycles. The maximum atomic E-state index is 12.0. The predicted molar refractivity (Wildman–Crippen MR) is 73.8 cm³/mol. The average Bonchev–Trinajstić information content (AvgIpc) is 2.29. The predicted octanol–water partition coefficient (Wildman–Crippen LogP) is 2.62. The monoisotopic (exact) mass is 323 g/mol. The molecule has 0 aromatic heterocycles. The van der Waals surface area contributed by atoms with Crippen molar-refractivity contribution in [2.24, 2.45) is 0 Å². The smallest absolute Gasteiger partial charge is 0.335 e. The van der Waals surface area contributed by atoms with Gasteiger partial charge in [0.25, 0.3) is 0 Å². The number of carboxylic acids is 1. The van der Waals surface area contributed by atoms with Gasteiger partial charge in [-0.3, -0.25) is 4.31 Å². The van der Waals surface area contributed by atoms with Crippen LogP contribution in [0.4, 0.5) is 5.69 Å². The van der Waals surface area contributed by atoms with Crippen molar-refractivity contribution in [3.8, 4) is 0 Å². The van der Waals surface area contributed by atoms with Crippen molar-refractivity contribution in [3.05, 3.63) is 27.7 Å². The molecule has 0 unspecified atom stereocenters. The van der Waals surface area contributed by atoms with E-state index in [2.05, 4.69) is 0 Å². The number of carbonyl (C=O) groups is 1. The van der Waals surface area contributed by atoms with Gasteiger partial charge in [-0.1, -0.05) is 23.2 Å². The Labute approximate surface area is 120 Å². The van der Waals surface area contributed by atoms with Crippen molar-refractivity contribution in [1.82, 2.24) is 0 Å². The molecule has 104 valence electrons. The van der Waals surface area contributed by atoms with Gasteiger partial charge in [0.05, 0.1) is 27.0 Å². The van der Waals surface area contributed by atoms with Crippen LogP contribution in [0.3, 0.4) is 0 Å². The van der Waals surface area contributed by atoms with Crippen LogP contribution >= 0.6 is 23.2 Å². The molecule has 1 aliphatic rings. The molecule has 0 amide bonds. The Morgan fingerprint density at radius 2 is 1.79 bits per heavy atom. The topological polar surface area (TPSA) is 74.7 Å². The molecule has 0 saturated carbocycles. The summed E-state index contributed by atoms with van der Waals surface area (Å²) in [6.07, 6.45) is 1.31. The fraction of sp³-hybridized carbons (Fsp3) is 0.364. The van der Waals surface area contributed by atoms with Crippen LogP contribution in [0.5, 0.6) is 0 Å². The van der Waals surface area contributed by atoms with E-state index in [1.807, 2.05) is 0 Å². The van der Waals surface area contributed by atoms with Gasteiger partial charge >= 0.3 is 5.97 Å². The summed E-state index contributed by atoms with van der Waals surface area (Å²) in [4.78, 5) is 10.9. The van der Waals surface area contributed by atoms with Gasteiger partial charge in [0.15, 0.2) is 0 Å². The minimum absolute atomic E-state index is 0.0235. The lowest BCUT2D eigenvalue weighted by molar-refractivity contribution is 0.0697. The quantitative estimate of drug-likeness (QED) is 0.907. The minimum Gasteiger partial charge on any atom is -0.478 e. The number of nitrogens with zero attached hydrogens (tertiary/aromatic N) is 1. The second-order valence-corrected chi connectivity index (χ2v) is 7.02. The van der Waals surface area contributed by atoms with Crippen LogP contribution in [-0.4, -0.2) is 31.8 Å². The van der Waals surface area contributed by atoms with E-state index in [1.165, 1.54) is 12.1 Å². The Hall–Kier alpha value is -0.980. The zero-order valence-corrected chi connectivity index (χ0v) is 12.1. The van der Waals surface area contributed by atoms with Crippen molar-refractivity contribution >= 4 is 44.9 Å². The van der Waals surface area contributed by atoms with Gasteiger partial charge in [-0.25, -0.2) is 13.2 Å². The molecule has 1 fully saturated rings. The number of benzene rings is 1. The number of sulfonamides is 1. The van der Waals surface area contributed by atoms with Gasteiger partial charge in [0.2, 0.25) is 10.0 Å². The number of hydrogen-bond donors (Lipinski definition) is 1. The van der Waals surface area contributed by atoms with Crippen LogP contribution in [-0.2, 0) is 10.0 Å². The van der Waals surface area contributed by atoms with Gasteiger partial charge in [0, 0.05) is 6.54 Å². The van der Waals surface area contributed by atoms with Gasteiger partial charge in [-0.05, 0) is 25.0 Å². The summed E-state index contributed by atoms with van der Waals surface area (Å²) in [5.74, 6) is -1.13. The summed E-state index contributed by atoms with van der Waals surface area (Å²) in [5, 5.41) is 8.94. The van der Waals surface area contributed by atoms with Crippen LogP contribution in [0.2, 0.25) is 10.0 Å². The highest BCUT2D eigenvalue weighted by Gasteiger charge is 2.29. The molecule has 19 heavy (non-hydrogen) atoms. The Morgan fingerprint density at radius 1 is 1.21 bits per heavy atom. The van der Waals surface area contributed by atoms with Gasteiger partial charge in [-0.2, -0.15) is 0 Å². The third kappa shape index (κ3) is 2.80. The van der Waals surface area contributed by atoms with Gasteiger partial charge in [-0.15, -0.1) is 0 Å². The lowest BCUT2D eigenvalue weighted by atomic mass is 10.2. The van der Waals surface area contributed by atoms with E-state index in [4.69, 9.17) is 28.3 Å². The second kappa shape index (κ2) is 5.19. The van der Waals surface area contributed by atoms with Crippen LogP contribution < -0.4 is 4.31 Å². The molecular weight excluding hydrogens is 313 g/mol. The van der Waals surface area contributed by atoms with Crippen molar-refractivity contribution < 1.29 is 18.3 Å². The first kappa shape index (κ1) is 14.4. The first-order valence-corrected chi connectivity index (χ1v) is 7.92. The molecular formula is C11H11Cl2NO4S. The number of carboxylic acid groups (broad SMARTS) is 1. The van der Waals surface area contributed by atoms with Crippen molar-refractivity contribution in [2.75, 3.05) is 16.6 Å². The standard InChI is InChI=1S/C11H11Cl2NO4S/c12-8-5-7(11(15)16)6-9(13)10(8)14-3-1-2-4-19(14,17)18/h5-6H,1-4H2,(H,15,16). The maximum Gasteiger partial charge on any atom is 0.335 e. The van der Waals surface area contributed by atoms with Crippen LogP contribution in [0, 0.1) is 0 Å². The highest BCUT2D eigenvalue weighted by atomic mass is 35.5. The molecule has 1 N–H and O–H groups in total. The summed E-state index contributed by atoms with van der Waals surface area (Å²) >= 11 is 12.0. The molecule has 1 aromatic rings. The summed E-state index contributed by atoms with van der Waals surface area (Å²) in [7, 11) is -3.44. The van der Waals surface area contributed by atoms with E-state index in [-0.39, 0.29) is 27.0 Å². The molecule has 0 bridgehead atoms. The first-order chi connectivity index (χ1) is 8.83. The molecule has 0 radical (unpaired) electrons. The molecule has 0 spiro atoms. The lowest BCUT2D eigenvalue weighted by Crippen LogP contribution is -2.38. The largest absolute Gasteiger partial charge is 0.478 e. The van der Waals surface area contributed by atoms with Gasteiger partial charge < -0.3 is 5.11 Å². The molecule has 1 aliphatic heterocycles. The molecule has 2 rings (SSSR count). The Balaban J connectivity index is 2.54. The summed E-state index contributed by atoms with van der Waals surface area (Å²) < 4.78 is 25.2. The van der Waals surface area contributed by atoms with Crippen LogP contribution in [0.25, 0.3) is 0 Å². The molecule has 8 heteroatoms. The third-order valence-electron chi connectivity index (χ3n) is 2.86. The van der Waals surface area contributed by atoms with Crippen LogP contribution in [0.15, 0.2) is 12.1 Å². The van der Waals surface area contributed by atoms with Crippen molar-refractivity contribution in [3.63, 3.8) is 0 Å². The van der Waals surface area contributed by atoms with Crippen molar-refractivity contribution in [1.29, 1.82) is 0 Å². The summed E-state index contributed by atoms with van der Waals surface area (Å²) in [5.41, 5.74) is 0.0844. The number of halogens is 2. The maximum absolute atomic E-state index is 12.0. The fourth-order valence-electron chi connectivity index (χ4n) is 1.97. The summed E-state index contributed by atoms with van der Waals surface area (Å²) in [6.45, 7) is 0.300. The van der Waals surface area contributed by atoms with Crippen molar-refractivity contribution in [2.45, 2.75) is 12.8 Å². The zero-order valence-electron chi connectivity index (χ0n) is 9.77. The zero-order chi connectivity index (χ0) is 14.2. The fourth-order valence-corrected chi connectivity index (χ4v) is 4.43. The Bertz CT molecular complexity index is 607. The molecule has 1 saturated heterocycles. The van der Waals surface area contributed by atoms with Gasteiger partial charge in [0.1, 0.15) is 0 Å². The minimum atomic E-state index is -3.44. The second-order valence-electron chi connectivity index (χ2n) is 4.19. The molecule has 0 atom stereocenters.